The van der Waals surface area contributed by atoms with E-state index in [4.69, 9.17) is 11.0 Å². The van der Waals surface area contributed by atoms with Gasteiger partial charge < -0.3 is 16.4 Å². The van der Waals surface area contributed by atoms with Crippen LogP contribution in [0.15, 0.2) is 22.7 Å². The maximum absolute atomic E-state index is 10.4. The van der Waals surface area contributed by atoms with E-state index in [-0.39, 0.29) is 0 Å². The van der Waals surface area contributed by atoms with Crippen LogP contribution in [0.25, 0.3) is 0 Å². The Kier molecular flexibility index (Phi) is 4.61. The molecule has 0 radical (unpaired) electrons. The Balaban J connectivity index is 2.54. The number of carbonyl (C=O) groups is 1. The van der Waals surface area contributed by atoms with Crippen LogP contribution in [0.2, 0.25) is 0 Å². The fourth-order valence-corrected chi connectivity index (χ4v) is 1.51. The van der Waals surface area contributed by atoms with Gasteiger partial charge in [-0.3, -0.25) is 0 Å². The number of nitrogens with two attached hydrogens (primary N) is 1. The first kappa shape index (κ1) is 12.3. The summed E-state index contributed by atoms with van der Waals surface area (Å²) in [5, 5.41) is 14.4. The third-order valence-corrected chi connectivity index (χ3v) is 2.33. The lowest BCUT2D eigenvalue weighted by Gasteiger charge is -2.08. The predicted molar refractivity (Wildman–Crippen MR) is 64.9 cm³/mol. The standard InChI is InChI=1S/C10H11BrN4O/c11-8-1-2-9(7(5-8)6-12)14-3-4-15-10(13)16/h1-2,5,14H,3-4H2,(H3,13,15,16). The zero-order valence-corrected chi connectivity index (χ0v) is 10.0. The fraction of sp³-hybridized carbons (Fsp3) is 0.200. The molecule has 0 aliphatic rings. The lowest BCUT2D eigenvalue weighted by Crippen LogP contribution is -2.33. The maximum Gasteiger partial charge on any atom is 0.312 e. The van der Waals surface area contributed by atoms with E-state index in [0.29, 0.717) is 18.7 Å². The number of amides is 2. The second-order valence-corrected chi connectivity index (χ2v) is 3.94. The molecular formula is C10H11BrN4O. The van der Waals surface area contributed by atoms with Crippen molar-refractivity contribution in [2.24, 2.45) is 5.73 Å². The first-order valence-corrected chi connectivity index (χ1v) is 5.39. The molecule has 0 bridgehead atoms. The number of benzene rings is 1. The molecule has 2 amide bonds. The van der Waals surface area contributed by atoms with Gasteiger partial charge in [0, 0.05) is 17.6 Å². The molecule has 16 heavy (non-hydrogen) atoms. The highest BCUT2D eigenvalue weighted by Gasteiger charge is 2.01. The van der Waals surface area contributed by atoms with Crippen LogP contribution in [0.1, 0.15) is 5.56 Å². The van der Waals surface area contributed by atoms with Gasteiger partial charge in [-0.2, -0.15) is 5.26 Å². The van der Waals surface area contributed by atoms with E-state index < -0.39 is 6.03 Å². The summed E-state index contributed by atoms with van der Waals surface area (Å²) in [7, 11) is 0. The molecule has 84 valence electrons. The van der Waals surface area contributed by atoms with Gasteiger partial charge in [-0.05, 0) is 18.2 Å². The minimum atomic E-state index is -0.557. The van der Waals surface area contributed by atoms with Crippen molar-refractivity contribution in [2.45, 2.75) is 0 Å². The number of nitrogens with zero attached hydrogens (tertiary/aromatic N) is 1. The van der Waals surface area contributed by atoms with E-state index in [1.807, 2.05) is 6.07 Å². The quantitative estimate of drug-likeness (QED) is 0.729. The molecule has 0 fully saturated rings. The van der Waals surface area contributed by atoms with E-state index >= 15 is 0 Å². The minimum Gasteiger partial charge on any atom is -0.382 e. The van der Waals surface area contributed by atoms with Gasteiger partial charge in [-0.15, -0.1) is 0 Å². The Morgan fingerprint density at radius 3 is 2.88 bits per heavy atom. The first-order valence-electron chi connectivity index (χ1n) is 4.60. The topological polar surface area (TPSA) is 90.9 Å². The molecule has 5 nitrogen and oxygen atoms in total. The number of nitrogens with one attached hydrogen (secondary N) is 2. The largest absolute Gasteiger partial charge is 0.382 e. The van der Waals surface area contributed by atoms with Gasteiger partial charge in [0.2, 0.25) is 0 Å². The predicted octanol–water partition coefficient (Wildman–Crippen LogP) is 1.40. The molecule has 0 heterocycles. The average Bonchev–Trinajstić information content (AvgIpc) is 2.25. The summed E-state index contributed by atoms with van der Waals surface area (Å²) in [5.41, 5.74) is 6.19. The van der Waals surface area contributed by atoms with Crippen LogP contribution in [0.4, 0.5) is 10.5 Å². The van der Waals surface area contributed by atoms with Crippen LogP contribution in [-0.2, 0) is 0 Å². The summed E-state index contributed by atoms with van der Waals surface area (Å²) in [5.74, 6) is 0. The van der Waals surface area contributed by atoms with Gasteiger partial charge in [0.05, 0.1) is 11.3 Å². The van der Waals surface area contributed by atoms with Crippen molar-refractivity contribution in [2.75, 3.05) is 18.4 Å². The highest BCUT2D eigenvalue weighted by molar-refractivity contribution is 9.10. The number of halogens is 1. The third-order valence-electron chi connectivity index (χ3n) is 1.84. The maximum atomic E-state index is 10.4. The molecule has 1 aromatic carbocycles. The molecule has 0 aliphatic carbocycles. The fourth-order valence-electron chi connectivity index (χ4n) is 1.15. The lowest BCUT2D eigenvalue weighted by molar-refractivity contribution is 0.249. The van der Waals surface area contributed by atoms with Crippen LogP contribution in [-0.4, -0.2) is 19.1 Å². The monoisotopic (exact) mass is 282 g/mol. The Hall–Kier alpha value is -1.74. The number of anilines is 1. The summed E-state index contributed by atoms with van der Waals surface area (Å²) < 4.78 is 0.852. The van der Waals surface area contributed by atoms with Gasteiger partial charge in [-0.25, -0.2) is 4.79 Å². The Labute approximate surface area is 102 Å². The lowest BCUT2D eigenvalue weighted by atomic mass is 10.2. The van der Waals surface area contributed by atoms with Crippen LogP contribution in [0.3, 0.4) is 0 Å². The molecule has 0 spiro atoms. The average molecular weight is 283 g/mol. The van der Waals surface area contributed by atoms with Crippen LogP contribution >= 0.6 is 15.9 Å². The van der Waals surface area contributed by atoms with Crippen molar-refractivity contribution in [1.82, 2.24) is 5.32 Å². The molecule has 0 aliphatic heterocycles. The van der Waals surface area contributed by atoms with Crippen molar-refractivity contribution >= 4 is 27.6 Å². The molecule has 1 aromatic rings. The van der Waals surface area contributed by atoms with E-state index in [9.17, 15) is 4.79 Å². The molecule has 0 aromatic heterocycles. The van der Waals surface area contributed by atoms with Gasteiger partial charge in [0.15, 0.2) is 0 Å². The van der Waals surface area contributed by atoms with Crippen molar-refractivity contribution in [1.29, 1.82) is 5.26 Å². The zero-order valence-electron chi connectivity index (χ0n) is 8.46. The molecule has 4 N–H and O–H groups in total. The van der Waals surface area contributed by atoms with Gasteiger partial charge in [-0.1, -0.05) is 15.9 Å². The second-order valence-electron chi connectivity index (χ2n) is 3.02. The van der Waals surface area contributed by atoms with Crippen LogP contribution < -0.4 is 16.4 Å². The number of carbonyl (C=O) groups excluding carboxylic acids is 1. The molecule has 0 atom stereocenters. The Bertz CT molecular complexity index is 427. The smallest absolute Gasteiger partial charge is 0.312 e. The molecular weight excluding hydrogens is 272 g/mol. The molecule has 0 saturated heterocycles. The first-order chi connectivity index (χ1) is 7.63. The minimum absolute atomic E-state index is 0.413. The summed E-state index contributed by atoms with van der Waals surface area (Å²) in [6.07, 6.45) is 0. The summed E-state index contributed by atoms with van der Waals surface area (Å²) in [6.45, 7) is 0.926. The van der Waals surface area contributed by atoms with Crippen molar-refractivity contribution in [3.05, 3.63) is 28.2 Å². The highest BCUT2D eigenvalue weighted by atomic mass is 79.9. The van der Waals surface area contributed by atoms with E-state index in [2.05, 4.69) is 32.6 Å². The molecule has 0 saturated carbocycles. The van der Waals surface area contributed by atoms with Crippen molar-refractivity contribution < 1.29 is 4.79 Å². The van der Waals surface area contributed by atoms with Crippen molar-refractivity contribution in [3.63, 3.8) is 0 Å². The van der Waals surface area contributed by atoms with Crippen LogP contribution in [0, 0.1) is 11.3 Å². The van der Waals surface area contributed by atoms with Crippen molar-refractivity contribution in [3.8, 4) is 6.07 Å². The van der Waals surface area contributed by atoms with Gasteiger partial charge >= 0.3 is 6.03 Å². The Morgan fingerprint density at radius 2 is 2.25 bits per heavy atom. The third kappa shape index (κ3) is 3.79. The molecule has 1 rings (SSSR count). The number of primary amides is 1. The van der Waals surface area contributed by atoms with Crippen LogP contribution in [0.5, 0.6) is 0 Å². The normalized spacial score (nSPS) is 9.25. The van der Waals surface area contributed by atoms with E-state index in [1.165, 1.54) is 0 Å². The van der Waals surface area contributed by atoms with E-state index in [1.54, 1.807) is 12.1 Å². The van der Waals surface area contributed by atoms with E-state index in [0.717, 1.165) is 10.2 Å². The number of hydrogen-bond donors (Lipinski definition) is 3. The summed E-state index contributed by atoms with van der Waals surface area (Å²) in [6, 6.07) is 6.89. The molecule has 6 heteroatoms. The van der Waals surface area contributed by atoms with Gasteiger partial charge in [0.25, 0.3) is 0 Å². The number of hydrogen-bond acceptors (Lipinski definition) is 3. The summed E-state index contributed by atoms with van der Waals surface area (Å²) >= 11 is 3.29. The SMILES string of the molecule is N#Cc1cc(Br)ccc1NCCNC(N)=O. The second kappa shape index (κ2) is 5.98. The number of nitriles is 1. The highest BCUT2D eigenvalue weighted by Crippen LogP contribution is 2.19. The molecule has 0 unspecified atom stereocenters. The van der Waals surface area contributed by atoms with Gasteiger partial charge in [0.1, 0.15) is 6.07 Å². The number of urea groups is 1. The zero-order chi connectivity index (χ0) is 12.0. The summed E-state index contributed by atoms with van der Waals surface area (Å²) in [4.78, 5) is 10.4. The Morgan fingerprint density at radius 1 is 1.50 bits per heavy atom. The number of rotatable bonds is 4.